The lowest BCUT2D eigenvalue weighted by molar-refractivity contribution is -0.162. The minimum absolute atomic E-state index is 0.0725. The molecular formula is C20H16Cl2F3N3O4S. The molecule has 3 rings (SSSR count). The monoisotopic (exact) mass is 521 g/mol. The van der Waals surface area contributed by atoms with E-state index < -0.39 is 33.4 Å². The molecule has 0 aliphatic heterocycles. The summed E-state index contributed by atoms with van der Waals surface area (Å²) in [6.45, 7) is 1.66. The summed E-state index contributed by atoms with van der Waals surface area (Å²) in [5.74, 6) is -0.921. The molecule has 0 amide bonds. The fourth-order valence-corrected chi connectivity index (χ4v) is 4.03. The topological polar surface area (TPSA) is 104 Å². The standard InChI is InChI=1S/C20H16Cl2F3N3O4S/c1-2-3-16(29)32-28-19(20(23,24)25)17(14-9-6-12(21)10-15(14)22)18(27-28)11-4-7-13(8-5-11)33(26,30)31/h4-10H,2-3H2,1H3,(H2,26,30,31). The molecule has 1 heterocycles. The molecule has 2 aromatic carbocycles. The van der Waals surface area contributed by atoms with Crippen LogP contribution in [0.5, 0.6) is 0 Å². The van der Waals surface area contributed by atoms with Crippen LogP contribution in [0.1, 0.15) is 25.5 Å². The lowest BCUT2D eigenvalue weighted by Gasteiger charge is -2.13. The van der Waals surface area contributed by atoms with E-state index in [0.29, 0.717) is 6.42 Å². The fourth-order valence-electron chi connectivity index (χ4n) is 3.01. The average Bonchev–Trinajstić information content (AvgIpc) is 3.06. The van der Waals surface area contributed by atoms with Gasteiger partial charge in [-0.1, -0.05) is 53.2 Å². The Morgan fingerprint density at radius 3 is 2.30 bits per heavy atom. The van der Waals surface area contributed by atoms with Crippen LogP contribution in [0.4, 0.5) is 13.2 Å². The SMILES string of the molecule is CCCC(=O)On1nc(-c2ccc(S(N)(=O)=O)cc2)c(-c2ccc(Cl)cc2Cl)c1C(F)(F)F. The first-order valence-electron chi connectivity index (χ1n) is 9.33. The van der Waals surface area contributed by atoms with Crippen LogP contribution in [0.15, 0.2) is 47.4 Å². The van der Waals surface area contributed by atoms with Crippen LogP contribution >= 0.6 is 23.2 Å². The van der Waals surface area contributed by atoms with Gasteiger partial charge in [-0.25, -0.2) is 18.4 Å². The Hall–Kier alpha value is -2.60. The molecule has 33 heavy (non-hydrogen) atoms. The van der Waals surface area contributed by atoms with Gasteiger partial charge >= 0.3 is 12.1 Å². The van der Waals surface area contributed by atoms with Crippen LogP contribution in [-0.2, 0) is 21.0 Å². The summed E-state index contributed by atoms with van der Waals surface area (Å²) in [5.41, 5.74) is -2.08. The van der Waals surface area contributed by atoms with Crippen molar-refractivity contribution >= 4 is 39.2 Å². The first kappa shape index (κ1) is 25.0. The van der Waals surface area contributed by atoms with E-state index in [2.05, 4.69) is 5.10 Å². The summed E-state index contributed by atoms with van der Waals surface area (Å²) in [6.07, 6.45) is -4.79. The van der Waals surface area contributed by atoms with Crippen molar-refractivity contribution in [3.05, 3.63) is 58.2 Å². The zero-order valence-electron chi connectivity index (χ0n) is 16.9. The molecule has 13 heteroatoms. The van der Waals surface area contributed by atoms with Gasteiger partial charge in [-0.2, -0.15) is 13.2 Å². The predicted molar refractivity (Wildman–Crippen MR) is 116 cm³/mol. The Bertz CT molecular complexity index is 1310. The van der Waals surface area contributed by atoms with Gasteiger partial charge in [0.1, 0.15) is 5.69 Å². The van der Waals surface area contributed by atoms with Crippen molar-refractivity contribution in [3.8, 4) is 22.4 Å². The number of primary sulfonamides is 1. The van der Waals surface area contributed by atoms with Crippen molar-refractivity contribution in [1.29, 1.82) is 0 Å². The summed E-state index contributed by atoms with van der Waals surface area (Å²) < 4.78 is 65.6. The molecule has 0 unspecified atom stereocenters. The average molecular weight is 522 g/mol. The summed E-state index contributed by atoms with van der Waals surface area (Å²) in [4.78, 5) is 16.7. The number of sulfonamides is 1. The number of nitrogens with two attached hydrogens (primary N) is 1. The number of rotatable bonds is 6. The van der Waals surface area contributed by atoms with Gasteiger partial charge in [-0.05, 0) is 30.7 Å². The maximum Gasteiger partial charge on any atom is 0.437 e. The maximum atomic E-state index is 14.2. The number of hydrogen-bond acceptors (Lipinski definition) is 5. The highest BCUT2D eigenvalue weighted by atomic mass is 35.5. The van der Waals surface area contributed by atoms with Crippen molar-refractivity contribution in [2.75, 3.05) is 0 Å². The van der Waals surface area contributed by atoms with Crippen molar-refractivity contribution in [1.82, 2.24) is 9.94 Å². The lowest BCUT2D eigenvalue weighted by Crippen LogP contribution is -2.26. The van der Waals surface area contributed by atoms with Crippen LogP contribution in [0, 0.1) is 0 Å². The second-order valence-corrected chi connectivity index (χ2v) is 9.25. The van der Waals surface area contributed by atoms with Gasteiger partial charge in [0.15, 0.2) is 5.69 Å². The third kappa shape index (κ3) is 5.49. The van der Waals surface area contributed by atoms with E-state index in [0.717, 1.165) is 12.1 Å². The van der Waals surface area contributed by atoms with E-state index >= 15 is 0 Å². The van der Waals surface area contributed by atoms with Gasteiger partial charge in [-0.3, -0.25) is 0 Å². The quantitative estimate of drug-likeness (QED) is 0.494. The first-order chi connectivity index (χ1) is 15.3. The summed E-state index contributed by atoms with van der Waals surface area (Å²) in [6, 6.07) is 8.57. The van der Waals surface area contributed by atoms with Gasteiger partial charge in [-0.15, -0.1) is 5.10 Å². The maximum absolute atomic E-state index is 14.2. The first-order valence-corrected chi connectivity index (χ1v) is 11.6. The molecule has 7 nitrogen and oxygen atoms in total. The third-order valence-electron chi connectivity index (χ3n) is 4.42. The van der Waals surface area contributed by atoms with E-state index in [1.165, 1.54) is 30.3 Å². The molecule has 1 aromatic heterocycles. The number of hydrogen-bond donors (Lipinski definition) is 1. The second kappa shape index (κ2) is 9.34. The molecule has 3 aromatic rings. The third-order valence-corrected chi connectivity index (χ3v) is 5.90. The van der Waals surface area contributed by atoms with Gasteiger partial charge < -0.3 is 4.84 Å². The Labute approximate surface area is 196 Å². The number of aromatic nitrogens is 2. The molecule has 0 fully saturated rings. The van der Waals surface area contributed by atoms with Gasteiger partial charge in [0.05, 0.1) is 9.92 Å². The van der Waals surface area contributed by atoms with Gasteiger partial charge in [0.2, 0.25) is 10.0 Å². The molecule has 0 bridgehead atoms. The largest absolute Gasteiger partial charge is 0.437 e. The molecule has 0 saturated carbocycles. The van der Waals surface area contributed by atoms with E-state index in [-0.39, 0.29) is 43.0 Å². The second-order valence-electron chi connectivity index (χ2n) is 6.85. The number of alkyl halides is 3. The summed E-state index contributed by atoms with van der Waals surface area (Å²) >= 11 is 12.1. The number of nitrogens with zero attached hydrogens (tertiary/aromatic N) is 2. The number of carbonyl (C=O) groups excluding carboxylic acids is 1. The Kier molecular flexibility index (Phi) is 7.08. The smallest absolute Gasteiger partial charge is 0.319 e. The van der Waals surface area contributed by atoms with Crippen LogP contribution in [0.2, 0.25) is 10.0 Å². The number of halogens is 5. The Balaban J connectivity index is 2.33. The van der Waals surface area contributed by atoms with Gasteiger partial charge in [0, 0.05) is 28.1 Å². The molecule has 176 valence electrons. The predicted octanol–water partition coefficient (Wildman–Crippen LogP) is 4.95. The minimum Gasteiger partial charge on any atom is -0.319 e. The van der Waals surface area contributed by atoms with Crippen molar-refractivity contribution in [2.45, 2.75) is 30.8 Å². The molecule has 0 spiro atoms. The molecule has 0 aliphatic carbocycles. The van der Waals surface area contributed by atoms with Crippen molar-refractivity contribution < 1.29 is 31.2 Å². The summed E-state index contributed by atoms with van der Waals surface area (Å²) in [5, 5.41) is 9.06. The molecule has 2 N–H and O–H groups in total. The van der Waals surface area contributed by atoms with Crippen molar-refractivity contribution in [3.63, 3.8) is 0 Å². The number of benzene rings is 2. The fraction of sp³-hybridized carbons (Fsp3) is 0.200. The van der Waals surface area contributed by atoms with E-state index in [1.807, 2.05) is 0 Å². The highest BCUT2D eigenvalue weighted by Crippen LogP contribution is 2.45. The van der Waals surface area contributed by atoms with Gasteiger partial charge in [0.25, 0.3) is 0 Å². The van der Waals surface area contributed by atoms with E-state index in [9.17, 15) is 26.4 Å². The molecule has 0 atom stereocenters. The lowest BCUT2D eigenvalue weighted by atomic mass is 9.98. The molecule has 0 saturated heterocycles. The number of carbonyl (C=O) groups is 1. The Morgan fingerprint density at radius 2 is 1.79 bits per heavy atom. The molecule has 0 aliphatic rings. The van der Waals surface area contributed by atoms with Crippen molar-refractivity contribution in [2.24, 2.45) is 5.14 Å². The van der Waals surface area contributed by atoms with Crippen LogP contribution < -0.4 is 9.98 Å². The van der Waals surface area contributed by atoms with Crippen LogP contribution in [0.3, 0.4) is 0 Å². The molecular weight excluding hydrogens is 506 g/mol. The minimum atomic E-state index is -5.00. The highest BCUT2D eigenvalue weighted by Gasteiger charge is 2.43. The van der Waals surface area contributed by atoms with E-state index in [4.69, 9.17) is 33.2 Å². The van der Waals surface area contributed by atoms with E-state index in [1.54, 1.807) is 6.92 Å². The zero-order valence-corrected chi connectivity index (χ0v) is 19.2. The zero-order chi connectivity index (χ0) is 24.6. The van der Waals surface area contributed by atoms with Crippen LogP contribution in [-0.4, -0.2) is 24.3 Å². The summed E-state index contributed by atoms with van der Waals surface area (Å²) in [7, 11) is -4.03. The highest BCUT2D eigenvalue weighted by molar-refractivity contribution is 7.89. The Morgan fingerprint density at radius 1 is 1.15 bits per heavy atom. The normalized spacial score (nSPS) is 12.1. The molecule has 0 radical (unpaired) electrons. The van der Waals surface area contributed by atoms with Crippen LogP contribution in [0.25, 0.3) is 22.4 Å².